The highest BCUT2D eigenvalue weighted by atomic mass is 32.2. The summed E-state index contributed by atoms with van der Waals surface area (Å²) in [7, 11) is 0. The SMILES string of the molecule is CC(C)OC(=O)CSCCCCC(F)F. The lowest BCUT2D eigenvalue weighted by atomic mass is 10.3. The second-order valence-corrected chi connectivity index (χ2v) is 4.58. The predicted octanol–water partition coefficient (Wildman–Crippen LogP) is 3.11. The van der Waals surface area contributed by atoms with Crippen molar-refractivity contribution in [2.75, 3.05) is 11.5 Å². The smallest absolute Gasteiger partial charge is 0.316 e. The van der Waals surface area contributed by atoms with Gasteiger partial charge < -0.3 is 4.74 Å². The molecule has 0 aliphatic rings. The Hall–Kier alpha value is -0.320. The van der Waals surface area contributed by atoms with Crippen LogP contribution in [0.4, 0.5) is 8.78 Å². The predicted molar refractivity (Wildman–Crippen MR) is 58.4 cm³/mol. The van der Waals surface area contributed by atoms with Crippen LogP contribution in [0.1, 0.15) is 33.1 Å². The van der Waals surface area contributed by atoms with E-state index < -0.39 is 6.43 Å². The fourth-order valence-corrected chi connectivity index (χ4v) is 1.74. The summed E-state index contributed by atoms with van der Waals surface area (Å²) in [6, 6.07) is 0. The highest BCUT2D eigenvalue weighted by molar-refractivity contribution is 7.99. The number of ether oxygens (including phenoxy) is 1. The zero-order valence-electron chi connectivity index (χ0n) is 9.17. The Kier molecular flexibility index (Phi) is 8.76. The van der Waals surface area contributed by atoms with Gasteiger partial charge in [0.1, 0.15) is 0 Å². The largest absolute Gasteiger partial charge is 0.462 e. The number of hydrogen-bond acceptors (Lipinski definition) is 3. The minimum Gasteiger partial charge on any atom is -0.462 e. The number of thioether (sulfide) groups is 1. The molecule has 0 aromatic rings. The second-order valence-electron chi connectivity index (χ2n) is 3.48. The summed E-state index contributed by atoms with van der Waals surface area (Å²) in [5.41, 5.74) is 0. The maximum absolute atomic E-state index is 11.7. The van der Waals surface area contributed by atoms with Gasteiger partial charge in [-0.25, -0.2) is 8.78 Å². The molecule has 90 valence electrons. The Morgan fingerprint density at radius 2 is 2.00 bits per heavy atom. The van der Waals surface area contributed by atoms with Gasteiger partial charge in [-0.3, -0.25) is 4.79 Å². The number of rotatable bonds is 8. The minimum atomic E-state index is -2.21. The van der Waals surface area contributed by atoms with Crippen LogP contribution in [-0.2, 0) is 9.53 Å². The molecule has 0 rings (SSSR count). The molecular weight excluding hydrogens is 222 g/mol. The lowest BCUT2D eigenvalue weighted by Crippen LogP contribution is -2.13. The molecule has 0 aromatic carbocycles. The molecular formula is C10H18F2O2S. The zero-order chi connectivity index (χ0) is 11.7. The van der Waals surface area contributed by atoms with Crippen molar-refractivity contribution in [3.63, 3.8) is 0 Å². The molecule has 0 bridgehead atoms. The highest BCUT2D eigenvalue weighted by Gasteiger charge is 2.05. The first-order valence-electron chi connectivity index (χ1n) is 5.07. The van der Waals surface area contributed by atoms with Crippen LogP contribution >= 0.6 is 11.8 Å². The summed E-state index contributed by atoms with van der Waals surface area (Å²) < 4.78 is 28.4. The van der Waals surface area contributed by atoms with Gasteiger partial charge in [0, 0.05) is 6.42 Å². The molecule has 0 atom stereocenters. The van der Waals surface area contributed by atoms with Crippen molar-refractivity contribution < 1.29 is 18.3 Å². The van der Waals surface area contributed by atoms with E-state index in [1.165, 1.54) is 11.8 Å². The average molecular weight is 240 g/mol. The van der Waals surface area contributed by atoms with E-state index in [1.807, 2.05) is 0 Å². The van der Waals surface area contributed by atoms with Gasteiger partial charge >= 0.3 is 5.97 Å². The minimum absolute atomic E-state index is 0.0446. The van der Waals surface area contributed by atoms with E-state index >= 15 is 0 Å². The Bertz CT molecular complexity index is 175. The molecule has 0 N–H and O–H groups in total. The number of hydrogen-bond donors (Lipinski definition) is 0. The van der Waals surface area contributed by atoms with Crippen molar-refractivity contribution >= 4 is 17.7 Å². The van der Waals surface area contributed by atoms with Gasteiger partial charge in [-0.1, -0.05) is 0 Å². The molecule has 0 amide bonds. The van der Waals surface area contributed by atoms with E-state index in [0.717, 1.165) is 12.2 Å². The van der Waals surface area contributed by atoms with Crippen LogP contribution in [0.2, 0.25) is 0 Å². The van der Waals surface area contributed by atoms with E-state index in [1.54, 1.807) is 13.8 Å². The lowest BCUT2D eigenvalue weighted by molar-refractivity contribution is -0.144. The summed E-state index contributed by atoms with van der Waals surface area (Å²) in [5.74, 6) is 0.816. The fraction of sp³-hybridized carbons (Fsp3) is 0.900. The summed E-state index contributed by atoms with van der Waals surface area (Å²) >= 11 is 1.44. The van der Waals surface area contributed by atoms with Crippen LogP contribution in [-0.4, -0.2) is 30.0 Å². The van der Waals surface area contributed by atoms with Crippen molar-refractivity contribution in [1.82, 2.24) is 0 Å². The summed E-state index contributed by atoms with van der Waals surface area (Å²) in [5, 5.41) is 0. The zero-order valence-corrected chi connectivity index (χ0v) is 9.99. The summed E-state index contributed by atoms with van der Waals surface area (Å²) in [6.07, 6.45) is -1.09. The summed E-state index contributed by atoms with van der Waals surface area (Å²) in [4.78, 5) is 11.0. The molecule has 0 unspecified atom stereocenters. The van der Waals surface area contributed by atoms with Crippen molar-refractivity contribution in [1.29, 1.82) is 0 Å². The van der Waals surface area contributed by atoms with Gasteiger partial charge in [0.2, 0.25) is 6.43 Å². The number of esters is 1. The van der Waals surface area contributed by atoms with Crippen LogP contribution in [0.15, 0.2) is 0 Å². The van der Waals surface area contributed by atoms with Crippen LogP contribution in [0.3, 0.4) is 0 Å². The van der Waals surface area contributed by atoms with Gasteiger partial charge in [-0.2, -0.15) is 11.8 Å². The molecule has 0 spiro atoms. The molecule has 0 radical (unpaired) electrons. The van der Waals surface area contributed by atoms with Crippen molar-refractivity contribution in [2.45, 2.75) is 45.6 Å². The molecule has 0 fully saturated rings. The van der Waals surface area contributed by atoms with Gasteiger partial charge in [0.25, 0.3) is 0 Å². The molecule has 0 heterocycles. The molecule has 0 aromatic heterocycles. The molecule has 0 saturated carbocycles. The van der Waals surface area contributed by atoms with Crippen LogP contribution in [0.5, 0.6) is 0 Å². The molecule has 0 aliphatic heterocycles. The first kappa shape index (κ1) is 14.7. The monoisotopic (exact) mass is 240 g/mol. The fourth-order valence-electron chi connectivity index (χ4n) is 0.955. The number of halogens is 2. The molecule has 5 heteroatoms. The van der Waals surface area contributed by atoms with Crippen molar-refractivity contribution in [2.24, 2.45) is 0 Å². The van der Waals surface area contributed by atoms with Gasteiger partial charge in [-0.15, -0.1) is 0 Å². The number of unbranched alkanes of at least 4 members (excludes halogenated alkanes) is 1. The van der Waals surface area contributed by atoms with Gasteiger partial charge in [-0.05, 0) is 32.4 Å². The van der Waals surface area contributed by atoms with Crippen LogP contribution in [0.25, 0.3) is 0 Å². The highest BCUT2D eigenvalue weighted by Crippen LogP contribution is 2.10. The number of alkyl halides is 2. The van der Waals surface area contributed by atoms with Crippen LogP contribution in [0, 0.1) is 0 Å². The number of carbonyl (C=O) groups excluding carboxylic acids is 1. The maximum atomic E-state index is 11.7. The van der Waals surface area contributed by atoms with Crippen LogP contribution < -0.4 is 0 Å². The Balaban J connectivity index is 3.20. The third kappa shape index (κ3) is 11.6. The average Bonchev–Trinajstić information content (AvgIpc) is 2.09. The second kappa shape index (κ2) is 8.95. The molecule has 0 saturated heterocycles. The lowest BCUT2D eigenvalue weighted by Gasteiger charge is -2.07. The van der Waals surface area contributed by atoms with E-state index in [2.05, 4.69) is 0 Å². The normalized spacial score (nSPS) is 11.1. The molecule has 15 heavy (non-hydrogen) atoms. The van der Waals surface area contributed by atoms with Crippen molar-refractivity contribution in [3.05, 3.63) is 0 Å². The van der Waals surface area contributed by atoms with E-state index in [0.29, 0.717) is 12.2 Å². The quantitative estimate of drug-likeness (QED) is 0.481. The van der Waals surface area contributed by atoms with Gasteiger partial charge in [0.05, 0.1) is 11.9 Å². The third-order valence-electron chi connectivity index (χ3n) is 1.55. The third-order valence-corrected chi connectivity index (χ3v) is 2.57. The summed E-state index contributed by atoms with van der Waals surface area (Å²) in [6.45, 7) is 3.59. The topological polar surface area (TPSA) is 26.3 Å². The van der Waals surface area contributed by atoms with E-state index in [4.69, 9.17) is 4.74 Å². The van der Waals surface area contributed by atoms with Gasteiger partial charge in [0.15, 0.2) is 0 Å². The molecule has 2 nitrogen and oxygen atoms in total. The first-order chi connectivity index (χ1) is 7.02. The van der Waals surface area contributed by atoms with Crippen molar-refractivity contribution in [3.8, 4) is 0 Å². The molecule has 0 aliphatic carbocycles. The Morgan fingerprint density at radius 1 is 1.33 bits per heavy atom. The maximum Gasteiger partial charge on any atom is 0.316 e. The first-order valence-corrected chi connectivity index (χ1v) is 6.23. The standard InChI is InChI=1S/C10H18F2O2S/c1-8(2)14-10(13)7-15-6-4-3-5-9(11)12/h8-9H,3-7H2,1-2H3. The Labute approximate surface area is 93.8 Å². The number of carbonyl (C=O) groups is 1. The van der Waals surface area contributed by atoms with E-state index in [-0.39, 0.29) is 18.5 Å². The van der Waals surface area contributed by atoms with E-state index in [9.17, 15) is 13.6 Å². The Morgan fingerprint density at radius 3 is 2.53 bits per heavy atom.